The van der Waals surface area contributed by atoms with E-state index in [1.54, 1.807) is 12.4 Å². The van der Waals surface area contributed by atoms with Gasteiger partial charge in [0.05, 0.1) is 26.9 Å². The Labute approximate surface area is 117 Å². The summed E-state index contributed by atoms with van der Waals surface area (Å²) in [5, 5.41) is 0.628. The number of fused-ring (bicyclic) bond motifs is 1. The van der Waals surface area contributed by atoms with E-state index >= 15 is 0 Å². The first-order chi connectivity index (χ1) is 8.68. The molecule has 6 heteroatoms. The van der Waals surface area contributed by atoms with Crippen LogP contribution >= 0.6 is 27.5 Å². The summed E-state index contributed by atoms with van der Waals surface area (Å²) in [7, 11) is 0. The molecule has 18 heavy (non-hydrogen) atoms. The highest BCUT2D eigenvalue weighted by atomic mass is 79.9. The van der Waals surface area contributed by atoms with Gasteiger partial charge in [-0.1, -0.05) is 17.7 Å². The zero-order valence-electron chi connectivity index (χ0n) is 9.14. The van der Waals surface area contributed by atoms with Crippen LogP contribution < -0.4 is 5.73 Å². The van der Waals surface area contributed by atoms with Crippen molar-refractivity contribution in [2.75, 3.05) is 5.73 Å². The van der Waals surface area contributed by atoms with Crippen LogP contribution in [-0.4, -0.2) is 14.5 Å². The molecule has 0 amide bonds. The number of halogens is 2. The Morgan fingerprint density at radius 2 is 2.11 bits per heavy atom. The predicted molar refractivity (Wildman–Crippen MR) is 76.0 cm³/mol. The number of nitrogen functional groups attached to an aromatic ring is 1. The standard InChI is InChI=1S/C12H8BrClN4/c13-11-7(14)2-1-3-10(11)18-9-4-5-16-6-8(9)17-12(18)15/h1-6H,(H2,15,17). The van der Waals surface area contributed by atoms with E-state index in [1.165, 1.54) is 0 Å². The zero-order chi connectivity index (χ0) is 12.7. The quantitative estimate of drug-likeness (QED) is 0.746. The van der Waals surface area contributed by atoms with Gasteiger partial charge in [-0.25, -0.2) is 4.98 Å². The minimum Gasteiger partial charge on any atom is -0.369 e. The van der Waals surface area contributed by atoms with E-state index in [0.29, 0.717) is 11.0 Å². The van der Waals surface area contributed by atoms with Gasteiger partial charge in [0.2, 0.25) is 5.95 Å². The SMILES string of the molecule is Nc1nc2cnccc2n1-c1cccc(Cl)c1Br. The number of hydrogen-bond acceptors (Lipinski definition) is 3. The lowest BCUT2D eigenvalue weighted by atomic mass is 10.3. The Morgan fingerprint density at radius 1 is 1.28 bits per heavy atom. The molecule has 2 heterocycles. The Balaban J connectivity index is 2.38. The number of aromatic nitrogens is 3. The van der Waals surface area contributed by atoms with Crippen LogP contribution in [0.4, 0.5) is 5.95 Å². The number of hydrogen-bond donors (Lipinski definition) is 1. The molecule has 0 atom stereocenters. The van der Waals surface area contributed by atoms with Gasteiger partial charge in [0, 0.05) is 6.20 Å². The lowest BCUT2D eigenvalue weighted by Crippen LogP contribution is -2.01. The Morgan fingerprint density at radius 3 is 2.94 bits per heavy atom. The van der Waals surface area contributed by atoms with Crippen LogP contribution in [0.1, 0.15) is 0 Å². The predicted octanol–water partition coefficient (Wildman–Crippen LogP) is 3.42. The number of anilines is 1. The van der Waals surface area contributed by atoms with Crippen molar-refractivity contribution in [1.82, 2.24) is 14.5 Å². The molecule has 2 aromatic heterocycles. The summed E-state index contributed by atoms with van der Waals surface area (Å²) in [4.78, 5) is 8.31. The van der Waals surface area contributed by atoms with Gasteiger partial charge in [-0.2, -0.15) is 0 Å². The monoisotopic (exact) mass is 322 g/mol. The second-order valence-corrected chi connectivity index (χ2v) is 4.94. The van der Waals surface area contributed by atoms with Crippen molar-refractivity contribution in [2.24, 2.45) is 0 Å². The van der Waals surface area contributed by atoms with Crippen LogP contribution in [0.25, 0.3) is 16.7 Å². The molecule has 90 valence electrons. The molecule has 0 radical (unpaired) electrons. The molecule has 0 fully saturated rings. The highest BCUT2D eigenvalue weighted by Gasteiger charge is 2.13. The molecule has 1 aromatic carbocycles. The lowest BCUT2D eigenvalue weighted by molar-refractivity contribution is 1.10. The van der Waals surface area contributed by atoms with Crippen LogP contribution in [0.5, 0.6) is 0 Å². The number of benzene rings is 1. The third kappa shape index (κ3) is 1.67. The van der Waals surface area contributed by atoms with Crippen LogP contribution in [0.2, 0.25) is 5.02 Å². The van der Waals surface area contributed by atoms with E-state index in [9.17, 15) is 0 Å². The molecule has 0 aliphatic heterocycles. The summed E-state index contributed by atoms with van der Waals surface area (Å²) in [5.74, 6) is 0.404. The molecule has 0 saturated heterocycles. The van der Waals surface area contributed by atoms with E-state index in [-0.39, 0.29) is 0 Å². The maximum atomic E-state index is 6.10. The van der Waals surface area contributed by atoms with E-state index in [1.807, 2.05) is 28.8 Å². The maximum Gasteiger partial charge on any atom is 0.206 e. The highest BCUT2D eigenvalue weighted by molar-refractivity contribution is 9.10. The molecule has 0 saturated carbocycles. The van der Waals surface area contributed by atoms with Crippen LogP contribution in [0.3, 0.4) is 0 Å². The van der Waals surface area contributed by atoms with Crippen LogP contribution in [0, 0.1) is 0 Å². The lowest BCUT2D eigenvalue weighted by Gasteiger charge is -2.09. The first-order valence-electron chi connectivity index (χ1n) is 5.21. The van der Waals surface area contributed by atoms with E-state index in [2.05, 4.69) is 25.9 Å². The highest BCUT2D eigenvalue weighted by Crippen LogP contribution is 2.32. The summed E-state index contributed by atoms with van der Waals surface area (Å²) in [6, 6.07) is 7.47. The average Bonchev–Trinajstić information content (AvgIpc) is 2.69. The normalized spacial score (nSPS) is 11.0. The van der Waals surface area contributed by atoms with E-state index in [4.69, 9.17) is 17.3 Å². The van der Waals surface area contributed by atoms with Crippen LogP contribution in [0.15, 0.2) is 41.1 Å². The van der Waals surface area contributed by atoms with Gasteiger partial charge in [0.25, 0.3) is 0 Å². The summed E-state index contributed by atoms with van der Waals surface area (Å²) in [6.45, 7) is 0. The summed E-state index contributed by atoms with van der Waals surface area (Å²) in [6.07, 6.45) is 3.39. The molecule has 0 bridgehead atoms. The maximum absolute atomic E-state index is 6.10. The van der Waals surface area contributed by atoms with Gasteiger partial charge in [-0.3, -0.25) is 9.55 Å². The minimum absolute atomic E-state index is 0.404. The molecule has 0 aliphatic carbocycles. The van der Waals surface area contributed by atoms with Gasteiger partial charge < -0.3 is 5.73 Å². The van der Waals surface area contributed by atoms with Crippen molar-refractivity contribution in [3.8, 4) is 5.69 Å². The molecule has 2 N–H and O–H groups in total. The Bertz CT molecular complexity index is 738. The topological polar surface area (TPSA) is 56.7 Å². The Kier molecular flexibility index (Phi) is 2.72. The zero-order valence-corrected chi connectivity index (χ0v) is 11.5. The van der Waals surface area contributed by atoms with Crippen molar-refractivity contribution in [2.45, 2.75) is 0 Å². The fourth-order valence-corrected chi connectivity index (χ4v) is 2.48. The summed E-state index contributed by atoms with van der Waals surface area (Å²) in [5.41, 5.74) is 8.47. The number of pyridine rings is 1. The van der Waals surface area contributed by atoms with Crippen molar-refractivity contribution < 1.29 is 0 Å². The molecule has 3 aromatic rings. The van der Waals surface area contributed by atoms with Gasteiger partial charge >= 0.3 is 0 Å². The molecule has 3 rings (SSSR count). The van der Waals surface area contributed by atoms with Crippen molar-refractivity contribution >= 4 is 44.5 Å². The summed E-state index contributed by atoms with van der Waals surface area (Å²) >= 11 is 9.57. The first-order valence-corrected chi connectivity index (χ1v) is 6.38. The van der Waals surface area contributed by atoms with E-state index in [0.717, 1.165) is 21.2 Å². The van der Waals surface area contributed by atoms with Crippen molar-refractivity contribution in [1.29, 1.82) is 0 Å². The van der Waals surface area contributed by atoms with Crippen molar-refractivity contribution in [3.63, 3.8) is 0 Å². The molecule has 0 unspecified atom stereocenters. The second-order valence-electron chi connectivity index (χ2n) is 3.74. The molecular formula is C12H8BrClN4. The van der Waals surface area contributed by atoms with Gasteiger partial charge in [0.15, 0.2) is 0 Å². The number of imidazole rings is 1. The second kappa shape index (κ2) is 4.26. The van der Waals surface area contributed by atoms with E-state index < -0.39 is 0 Å². The van der Waals surface area contributed by atoms with Gasteiger partial charge in [-0.05, 0) is 34.1 Å². The molecule has 0 spiro atoms. The van der Waals surface area contributed by atoms with Gasteiger partial charge in [0.1, 0.15) is 5.52 Å². The third-order valence-corrected chi connectivity index (χ3v) is 4.03. The van der Waals surface area contributed by atoms with Crippen LogP contribution in [-0.2, 0) is 0 Å². The number of rotatable bonds is 1. The third-order valence-electron chi connectivity index (χ3n) is 2.65. The largest absolute Gasteiger partial charge is 0.369 e. The molecule has 4 nitrogen and oxygen atoms in total. The number of nitrogens with zero attached hydrogens (tertiary/aromatic N) is 3. The summed E-state index contributed by atoms with van der Waals surface area (Å²) < 4.78 is 2.63. The molecular weight excluding hydrogens is 316 g/mol. The Hall–Kier alpha value is -1.59. The first kappa shape index (κ1) is 11.5. The van der Waals surface area contributed by atoms with Gasteiger partial charge in [-0.15, -0.1) is 0 Å². The smallest absolute Gasteiger partial charge is 0.206 e. The minimum atomic E-state index is 0.404. The molecule has 0 aliphatic rings. The van der Waals surface area contributed by atoms with Crippen molar-refractivity contribution in [3.05, 3.63) is 46.2 Å². The fraction of sp³-hybridized carbons (Fsp3) is 0. The average molecular weight is 324 g/mol. The fourth-order valence-electron chi connectivity index (χ4n) is 1.87. The number of nitrogens with two attached hydrogens (primary N) is 1.